The Bertz CT molecular complexity index is 1070. The zero-order valence-corrected chi connectivity index (χ0v) is 15.6. The Morgan fingerprint density at radius 2 is 2.00 bits per heavy atom. The number of benzene rings is 1. The van der Waals surface area contributed by atoms with Crippen molar-refractivity contribution in [1.82, 2.24) is 19.9 Å². The Kier molecular flexibility index (Phi) is 4.60. The summed E-state index contributed by atoms with van der Waals surface area (Å²) in [6, 6.07) is 10.1. The number of ether oxygens (including phenoxy) is 2. The molecule has 0 aliphatic carbocycles. The van der Waals surface area contributed by atoms with Crippen LogP contribution in [0.2, 0.25) is 0 Å². The first kappa shape index (κ1) is 17.8. The maximum atomic E-state index is 12.8. The van der Waals surface area contributed by atoms with Gasteiger partial charge in [-0.25, -0.2) is 4.98 Å². The van der Waals surface area contributed by atoms with Crippen LogP contribution in [0, 0.1) is 0 Å². The molecule has 1 aliphatic heterocycles. The van der Waals surface area contributed by atoms with E-state index in [1.54, 1.807) is 23.2 Å². The highest BCUT2D eigenvalue weighted by Gasteiger charge is 2.21. The van der Waals surface area contributed by atoms with Crippen LogP contribution in [0.1, 0.15) is 30.2 Å². The van der Waals surface area contributed by atoms with Crippen molar-refractivity contribution >= 4 is 5.91 Å². The summed E-state index contributed by atoms with van der Waals surface area (Å²) in [5.74, 6) is 1.80. The number of nitrogens with zero attached hydrogens (tertiary/aromatic N) is 2. The second kappa shape index (κ2) is 7.22. The third-order valence-corrected chi connectivity index (χ3v) is 4.52. The van der Waals surface area contributed by atoms with E-state index in [4.69, 9.17) is 9.47 Å². The van der Waals surface area contributed by atoms with Crippen molar-refractivity contribution in [2.75, 3.05) is 6.79 Å². The van der Waals surface area contributed by atoms with Gasteiger partial charge < -0.3 is 24.3 Å². The highest BCUT2D eigenvalue weighted by molar-refractivity contribution is 5.92. The van der Waals surface area contributed by atoms with Gasteiger partial charge in [0.25, 0.3) is 5.91 Å². The molecule has 4 rings (SSSR count). The van der Waals surface area contributed by atoms with E-state index in [1.807, 2.05) is 32.0 Å². The van der Waals surface area contributed by atoms with Crippen LogP contribution in [0.4, 0.5) is 0 Å². The SMILES string of the molecule is CC(C)N(Cc1ncc(-c2ccc3c(c2)OCO3)[nH]1)C(=O)c1cccc(=O)[nH]1. The Labute approximate surface area is 161 Å². The molecule has 144 valence electrons. The monoisotopic (exact) mass is 380 g/mol. The maximum absolute atomic E-state index is 12.8. The summed E-state index contributed by atoms with van der Waals surface area (Å²) in [4.78, 5) is 36.2. The predicted octanol–water partition coefficient (Wildman–Crippen LogP) is 2.54. The van der Waals surface area contributed by atoms with Gasteiger partial charge in [0.05, 0.1) is 18.4 Å². The number of rotatable bonds is 5. The molecule has 1 amide bonds. The number of imidazole rings is 1. The zero-order valence-electron chi connectivity index (χ0n) is 15.6. The van der Waals surface area contributed by atoms with Crippen molar-refractivity contribution < 1.29 is 14.3 Å². The predicted molar refractivity (Wildman–Crippen MR) is 102 cm³/mol. The molecule has 8 nitrogen and oxygen atoms in total. The summed E-state index contributed by atoms with van der Waals surface area (Å²) < 4.78 is 10.7. The van der Waals surface area contributed by atoms with E-state index in [-0.39, 0.29) is 36.5 Å². The van der Waals surface area contributed by atoms with Crippen LogP contribution in [-0.4, -0.2) is 38.6 Å². The summed E-state index contributed by atoms with van der Waals surface area (Å²) >= 11 is 0. The van der Waals surface area contributed by atoms with E-state index in [9.17, 15) is 9.59 Å². The van der Waals surface area contributed by atoms with Crippen LogP contribution >= 0.6 is 0 Å². The number of H-pyrrole nitrogens is 2. The Morgan fingerprint density at radius 3 is 2.79 bits per heavy atom. The van der Waals surface area contributed by atoms with Gasteiger partial charge in [-0.05, 0) is 38.1 Å². The molecule has 0 saturated carbocycles. The molecule has 0 radical (unpaired) electrons. The molecule has 0 fully saturated rings. The van der Waals surface area contributed by atoms with Gasteiger partial charge >= 0.3 is 0 Å². The quantitative estimate of drug-likeness (QED) is 0.708. The molecule has 1 aromatic carbocycles. The van der Waals surface area contributed by atoms with E-state index >= 15 is 0 Å². The van der Waals surface area contributed by atoms with Gasteiger partial charge in [-0.1, -0.05) is 6.07 Å². The first-order valence-corrected chi connectivity index (χ1v) is 8.95. The largest absolute Gasteiger partial charge is 0.454 e. The minimum absolute atomic E-state index is 0.0738. The van der Waals surface area contributed by atoms with Crippen LogP contribution in [0.25, 0.3) is 11.3 Å². The van der Waals surface area contributed by atoms with E-state index in [1.165, 1.54) is 6.07 Å². The van der Waals surface area contributed by atoms with Crippen molar-refractivity contribution in [3.8, 4) is 22.8 Å². The van der Waals surface area contributed by atoms with Gasteiger partial charge in [-0.2, -0.15) is 0 Å². The molecule has 2 N–H and O–H groups in total. The minimum Gasteiger partial charge on any atom is -0.454 e. The second-order valence-corrected chi connectivity index (χ2v) is 6.77. The molecular formula is C20H20N4O4. The fraction of sp³-hybridized carbons (Fsp3) is 0.250. The number of aromatic amines is 2. The second-order valence-electron chi connectivity index (χ2n) is 6.77. The highest BCUT2D eigenvalue weighted by Crippen LogP contribution is 2.35. The zero-order chi connectivity index (χ0) is 19.7. The lowest BCUT2D eigenvalue weighted by molar-refractivity contribution is 0.0679. The first-order chi connectivity index (χ1) is 13.5. The number of fused-ring (bicyclic) bond motifs is 1. The van der Waals surface area contributed by atoms with Gasteiger partial charge in [-0.3, -0.25) is 9.59 Å². The number of carbonyl (C=O) groups excluding carboxylic acids is 1. The van der Waals surface area contributed by atoms with Gasteiger partial charge in [-0.15, -0.1) is 0 Å². The van der Waals surface area contributed by atoms with Crippen molar-refractivity contribution in [3.63, 3.8) is 0 Å². The molecule has 8 heteroatoms. The minimum atomic E-state index is -0.308. The topological polar surface area (TPSA) is 100 Å². The van der Waals surface area contributed by atoms with Crippen LogP contribution < -0.4 is 15.0 Å². The number of nitrogens with one attached hydrogen (secondary N) is 2. The average molecular weight is 380 g/mol. The number of pyridine rings is 1. The summed E-state index contributed by atoms with van der Waals surface area (Å²) in [5.41, 5.74) is 1.68. The van der Waals surface area contributed by atoms with Crippen molar-refractivity contribution in [2.45, 2.75) is 26.4 Å². The summed E-state index contributed by atoms with van der Waals surface area (Å²) in [5, 5.41) is 0. The number of hydrogen-bond acceptors (Lipinski definition) is 5. The van der Waals surface area contributed by atoms with Gasteiger partial charge in [0, 0.05) is 17.7 Å². The number of aromatic nitrogens is 3. The number of amides is 1. The molecule has 0 saturated heterocycles. The van der Waals surface area contributed by atoms with E-state index in [0.717, 1.165) is 17.0 Å². The van der Waals surface area contributed by atoms with E-state index in [2.05, 4.69) is 15.0 Å². The third kappa shape index (κ3) is 3.48. The normalized spacial score (nSPS) is 12.4. The summed E-state index contributed by atoms with van der Waals surface area (Å²) in [6.45, 7) is 4.35. The molecule has 1 aliphatic rings. The lowest BCUT2D eigenvalue weighted by Gasteiger charge is -2.25. The molecule has 2 aromatic heterocycles. The highest BCUT2D eigenvalue weighted by atomic mass is 16.7. The van der Waals surface area contributed by atoms with Gasteiger partial charge in [0.2, 0.25) is 12.4 Å². The molecule has 0 unspecified atom stereocenters. The summed E-state index contributed by atoms with van der Waals surface area (Å²) in [6.07, 6.45) is 1.72. The standard InChI is InChI=1S/C20H20N4O4/c1-12(2)24(20(26)14-4-3-5-19(25)23-14)10-18-21-9-15(22-18)13-6-7-16-17(8-13)28-11-27-16/h3-9,12H,10-11H2,1-2H3,(H,21,22)(H,23,25). The lowest BCUT2D eigenvalue weighted by atomic mass is 10.1. The summed E-state index contributed by atoms with van der Waals surface area (Å²) in [7, 11) is 0. The molecule has 0 spiro atoms. The van der Waals surface area contributed by atoms with Crippen LogP contribution in [0.5, 0.6) is 11.5 Å². The molecule has 0 bridgehead atoms. The Morgan fingerprint density at radius 1 is 1.18 bits per heavy atom. The average Bonchev–Trinajstić information content (AvgIpc) is 3.34. The van der Waals surface area contributed by atoms with E-state index in [0.29, 0.717) is 11.6 Å². The van der Waals surface area contributed by atoms with E-state index < -0.39 is 0 Å². The molecule has 28 heavy (non-hydrogen) atoms. The molecule has 0 atom stereocenters. The maximum Gasteiger partial charge on any atom is 0.271 e. The van der Waals surface area contributed by atoms with Crippen molar-refractivity contribution in [1.29, 1.82) is 0 Å². The Hall–Kier alpha value is -3.55. The fourth-order valence-electron chi connectivity index (χ4n) is 3.03. The van der Waals surface area contributed by atoms with Crippen LogP contribution in [0.15, 0.2) is 47.4 Å². The van der Waals surface area contributed by atoms with Crippen molar-refractivity contribution in [2.24, 2.45) is 0 Å². The molecule has 3 aromatic rings. The van der Waals surface area contributed by atoms with Crippen LogP contribution in [-0.2, 0) is 6.54 Å². The van der Waals surface area contributed by atoms with Crippen molar-refractivity contribution in [3.05, 3.63) is 64.5 Å². The Balaban J connectivity index is 1.55. The third-order valence-electron chi connectivity index (χ3n) is 4.52. The first-order valence-electron chi connectivity index (χ1n) is 8.95. The smallest absolute Gasteiger partial charge is 0.271 e. The van der Waals surface area contributed by atoms with Crippen LogP contribution in [0.3, 0.4) is 0 Å². The molecule has 3 heterocycles. The van der Waals surface area contributed by atoms with Gasteiger partial charge in [0.1, 0.15) is 11.5 Å². The number of hydrogen-bond donors (Lipinski definition) is 2. The lowest BCUT2D eigenvalue weighted by Crippen LogP contribution is -2.37. The molecular weight excluding hydrogens is 360 g/mol. The number of carbonyl (C=O) groups is 1. The van der Waals surface area contributed by atoms with Gasteiger partial charge in [0.15, 0.2) is 11.5 Å². The fourth-order valence-corrected chi connectivity index (χ4v) is 3.03.